The lowest BCUT2D eigenvalue weighted by molar-refractivity contribution is 0.478. The van der Waals surface area contributed by atoms with Gasteiger partial charge in [-0.25, -0.2) is 15.0 Å². The van der Waals surface area contributed by atoms with Crippen LogP contribution in [0, 0.1) is 13.8 Å². The van der Waals surface area contributed by atoms with E-state index in [2.05, 4.69) is 36.2 Å². The second-order valence-corrected chi connectivity index (χ2v) is 4.14. The van der Waals surface area contributed by atoms with Gasteiger partial charge in [-0.15, -0.1) is 0 Å². The van der Waals surface area contributed by atoms with Crippen LogP contribution in [0.4, 0.5) is 5.82 Å². The van der Waals surface area contributed by atoms with Gasteiger partial charge in [-0.05, 0) is 29.8 Å². The van der Waals surface area contributed by atoms with Crippen molar-refractivity contribution in [1.29, 1.82) is 0 Å². The van der Waals surface area contributed by atoms with E-state index in [-0.39, 0.29) is 0 Å². The Bertz CT molecular complexity index is 478. The largest absolute Gasteiger partial charge is 0.444 e. The van der Waals surface area contributed by atoms with Gasteiger partial charge in [0.05, 0.1) is 12.2 Å². The number of hydrogen-bond donors (Lipinski definition) is 1. The first kappa shape index (κ1) is 11.1. The molecule has 0 aliphatic rings. The van der Waals surface area contributed by atoms with Crippen LogP contribution in [-0.2, 0) is 6.54 Å². The summed E-state index contributed by atoms with van der Waals surface area (Å²) in [5.74, 6) is 2.24. The van der Waals surface area contributed by atoms with Gasteiger partial charge in [0.15, 0.2) is 0 Å². The molecule has 0 amide bonds. The third-order valence-corrected chi connectivity index (χ3v) is 2.56. The number of nitrogens with zero attached hydrogens (tertiary/aromatic N) is 3. The predicted molar refractivity (Wildman–Crippen MR) is 63.0 cm³/mol. The maximum Gasteiger partial charge on any atom is 0.213 e. The number of aryl methyl sites for hydroxylation is 2. The zero-order valence-corrected chi connectivity index (χ0v) is 10.6. The topological polar surface area (TPSA) is 63.8 Å². The molecule has 1 N–H and O–H groups in total. The predicted octanol–water partition coefficient (Wildman–Crippen LogP) is 2.46. The Morgan fingerprint density at radius 1 is 1.38 bits per heavy atom. The molecule has 0 bridgehead atoms. The van der Waals surface area contributed by atoms with Gasteiger partial charge in [-0.1, -0.05) is 0 Å². The summed E-state index contributed by atoms with van der Waals surface area (Å²) < 4.78 is 6.18. The highest BCUT2D eigenvalue weighted by Gasteiger charge is 2.05. The molecular weight excluding hydrogens is 272 g/mol. The fourth-order valence-corrected chi connectivity index (χ4v) is 1.52. The monoisotopic (exact) mass is 282 g/mol. The quantitative estimate of drug-likeness (QED) is 0.876. The van der Waals surface area contributed by atoms with Crippen LogP contribution in [0.3, 0.4) is 0 Å². The van der Waals surface area contributed by atoms with Gasteiger partial charge in [0.25, 0.3) is 0 Å². The van der Waals surface area contributed by atoms with Crippen molar-refractivity contribution in [3.05, 3.63) is 34.3 Å². The van der Waals surface area contributed by atoms with Crippen LogP contribution < -0.4 is 5.32 Å². The normalized spacial score (nSPS) is 10.4. The molecule has 5 nitrogen and oxygen atoms in total. The Labute approximate surface area is 101 Å². The average Bonchev–Trinajstić information content (AvgIpc) is 2.56. The van der Waals surface area contributed by atoms with E-state index in [4.69, 9.17) is 4.42 Å². The average molecular weight is 283 g/mol. The van der Waals surface area contributed by atoms with Crippen LogP contribution in [0.5, 0.6) is 0 Å². The second kappa shape index (κ2) is 4.61. The molecule has 2 rings (SSSR count). The number of hydrogen-bond acceptors (Lipinski definition) is 5. The van der Waals surface area contributed by atoms with Crippen molar-refractivity contribution < 1.29 is 4.42 Å². The molecule has 2 aromatic heterocycles. The minimum absolute atomic E-state index is 0.512. The summed E-state index contributed by atoms with van der Waals surface area (Å²) in [5.41, 5.74) is 0.917. The van der Waals surface area contributed by atoms with Gasteiger partial charge in [0.1, 0.15) is 22.5 Å². The first-order chi connectivity index (χ1) is 7.65. The zero-order chi connectivity index (χ0) is 11.5. The summed E-state index contributed by atoms with van der Waals surface area (Å²) in [4.78, 5) is 12.3. The lowest BCUT2D eigenvalue weighted by Crippen LogP contribution is -2.01. The Balaban J connectivity index is 2.02. The molecule has 0 saturated heterocycles. The van der Waals surface area contributed by atoms with E-state index in [0.717, 1.165) is 21.9 Å². The molecule has 0 aromatic carbocycles. The number of anilines is 1. The van der Waals surface area contributed by atoms with Gasteiger partial charge in [-0.3, -0.25) is 0 Å². The van der Waals surface area contributed by atoms with Crippen molar-refractivity contribution in [2.45, 2.75) is 20.4 Å². The number of aromatic nitrogens is 3. The Morgan fingerprint density at radius 2 is 2.19 bits per heavy atom. The summed E-state index contributed by atoms with van der Waals surface area (Å²) in [6, 6.07) is 1.79. The number of oxazole rings is 1. The minimum atomic E-state index is 0.512. The second-order valence-electron chi connectivity index (χ2n) is 3.33. The lowest BCUT2D eigenvalue weighted by atomic mass is 10.4. The number of rotatable bonds is 3. The Hall–Kier alpha value is -1.43. The maximum atomic E-state index is 5.44. The third-order valence-electron chi connectivity index (χ3n) is 2.13. The summed E-state index contributed by atoms with van der Waals surface area (Å²) in [5, 5.41) is 3.10. The van der Waals surface area contributed by atoms with Crippen molar-refractivity contribution in [1.82, 2.24) is 15.0 Å². The van der Waals surface area contributed by atoms with Crippen LogP contribution in [0.2, 0.25) is 0 Å². The Morgan fingerprint density at radius 3 is 2.81 bits per heavy atom. The highest BCUT2D eigenvalue weighted by molar-refractivity contribution is 9.10. The maximum absolute atomic E-state index is 5.44. The van der Waals surface area contributed by atoms with Crippen molar-refractivity contribution in [3.63, 3.8) is 0 Å². The number of nitrogens with one attached hydrogen (secondary N) is 1. The molecule has 2 aromatic rings. The smallest absolute Gasteiger partial charge is 0.213 e. The van der Waals surface area contributed by atoms with Gasteiger partial charge in [0, 0.05) is 6.07 Å². The SMILES string of the molecule is Cc1nc(CNc2cc(Br)ncn2)oc1C. The molecule has 0 atom stereocenters. The minimum Gasteiger partial charge on any atom is -0.444 e. The van der Waals surface area contributed by atoms with E-state index in [1.807, 2.05) is 13.8 Å². The highest BCUT2D eigenvalue weighted by Crippen LogP contribution is 2.12. The molecule has 0 spiro atoms. The van der Waals surface area contributed by atoms with Crippen LogP contribution in [-0.4, -0.2) is 15.0 Å². The molecule has 0 aliphatic heterocycles. The van der Waals surface area contributed by atoms with Crippen LogP contribution >= 0.6 is 15.9 Å². The molecule has 0 unspecified atom stereocenters. The van der Waals surface area contributed by atoms with Crippen LogP contribution in [0.15, 0.2) is 21.4 Å². The summed E-state index contributed by atoms with van der Waals surface area (Å²) in [6.45, 7) is 4.33. The third kappa shape index (κ3) is 2.57. The van der Waals surface area contributed by atoms with E-state index >= 15 is 0 Å². The fourth-order valence-electron chi connectivity index (χ4n) is 1.21. The molecule has 0 radical (unpaired) electrons. The van der Waals surface area contributed by atoms with Crippen molar-refractivity contribution in [2.24, 2.45) is 0 Å². The molecule has 0 saturated carbocycles. The fraction of sp³-hybridized carbons (Fsp3) is 0.300. The summed E-state index contributed by atoms with van der Waals surface area (Å²) in [6.07, 6.45) is 1.48. The molecule has 84 valence electrons. The van der Waals surface area contributed by atoms with Crippen molar-refractivity contribution >= 4 is 21.7 Å². The summed E-state index contributed by atoms with van der Waals surface area (Å²) in [7, 11) is 0. The first-order valence-corrected chi connectivity index (χ1v) is 5.59. The standard InChI is InChI=1S/C10H11BrN4O/c1-6-7(2)16-10(15-6)4-12-9-3-8(11)13-5-14-9/h3,5H,4H2,1-2H3,(H,12,13,14). The van der Waals surface area contributed by atoms with E-state index in [1.54, 1.807) is 6.07 Å². The van der Waals surface area contributed by atoms with E-state index in [9.17, 15) is 0 Å². The molecular formula is C10H11BrN4O. The number of halogens is 1. The van der Waals surface area contributed by atoms with Gasteiger partial charge in [0.2, 0.25) is 5.89 Å². The molecule has 16 heavy (non-hydrogen) atoms. The zero-order valence-electron chi connectivity index (χ0n) is 8.99. The van der Waals surface area contributed by atoms with Crippen molar-refractivity contribution in [3.8, 4) is 0 Å². The molecule has 0 fully saturated rings. The first-order valence-electron chi connectivity index (χ1n) is 4.79. The lowest BCUT2D eigenvalue weighted by Gasteiger charge is -2.01. The van der Waals surface area contributed by atoms with Crippen molar-refractivity contribution in [2.75, 3.05) is 5.32 Å². The summed E-state index contributed by atoms with van der Waals surface area (Å²) >= 11 is 3.27. The van der Waals surface area contributed by atoms with Crippen LogP contribution in [0.1, 0.15) is 17.3 Å². The molecule has 6 heteroatoms. The van der Waals surface area contributed by atoms with Gasteiger partial charge < -0.3 is 9.73 Å². The van der Waals surface area contributed by atoms with Gasteiger partial charge in [-0.2, -0.15) is 0 Å². The van der Waals surface area contributed by atoms with E-state index in [1.165, 1.54) is 6.33 Å². The Kier molecular flexibility index (Phi) is 3.19. The van der Waals surface area contributed by atoms with E-state index in [0.29, 0.717) is 12.4 Å². The van der Waals surface area contributed by atoms with Gasteiger partial charge >= 0.3 is 0 Å². The highest BCUT2D eigenvalue weighted by atomic mass is 79.9. The van der Waals surface area contributed by atoms with Crippen LogP contribution in [0.25, 0.3) is 0 Å². The van der Waals surface area contributed by atoms with E-state index < -0.39 is 0 Å². The molecule has 0 aliphatic carbocycles. The molecule has 2 heterocycles.